The Hall–Kier alpha value is -0.640. The van der Waals surface area contributed by atoms with E-state index in [1.165, 1.54) is 25.7 Å². The lowest BCUT2D eigenvalue weighted by atomic mass is 9.63. The predicted octanol–water partition coefficient (Wildman–Crippen LogP) is 5.93. The minimum absolute atomic E-state index is 0.249. The van der Waals surface area contributed by atoms with Crippen molar-refractivity contribution in [3.8, 4) is 0 Å². The van der Waals surface area contributed by atoms with Crippen molar-refractivity contribution >= 4 is 0 Å². The Bertz CT molecular complexity index is 561. The molecule has 0 bridgehead atoms. The van der Waals surface area contributed by atoms with Crippen LogP contribution in [0, 0.1) is 16.7 Å². The van der Waals surface area contributed by atoms with Gasteiger partial charge >= 0.3 is 0 Å². The standard InChI is InChI=1S/C26H46O3/c1-6-26(29,7-2)15-9-8-14-25(5)16-13-21(24(25,3)4)12-10-11-20-17-22(27)19-23(28)18-20/h10-12,21-23,27-29H,6-9,13-19H2,1-5H3/b12-10+/t21-,22-,23-,25+/m1/s1. The van der Waals surface area contributed by atoms with E-state index in [-0.39, 0.29) is 5.41 Å². The quantitative estimate of drug-likeness (QED) is 0.416. The molecule has 2 rings (SSSR count). The molecule has 0 heterocycles. The Morgan fingerprint density at radius 3 is 2.24 bits per heavy atom. The van der Waals surface area contributed by atoms with Crippen LogP contribution in [0.3, 0.4) is 0 Å². The van der Waals surface area contributed by atoms with E-state index < -0.39 is 17.8 Å². The van der Waals surface area contributed by atoms with Gasteiger partial charge in [-0.1, -0.05) is 71.3 Å². The molecule has 2 fully saturated rings. The molecule has 0 aromatic heterocycles. The fourth-order valence-electron chi connectivity index (χ4n) is 5.59. The molecule has 3 nitrogen and oxygen atoms in total. The molecule has 0 unspecified atom stereocenters. The van der Waals surface area contributed by atoms with Crippen molar-refractivity contribution in [2.75, 3.05) is 0 Å². The summed E-state index contributed by atoms with van der Waals surface area (Å²) in [6.45, 7) is 11.5. The van der Waals surface area contributed by atoms with Gasteiger partial charge in [0.05, 0.1) is 17.8 Å². The highest BCUT2D eigenvalue weighted by Gasteiger charge is 2.49. The Kier molecular flexibility index (Phi) is 8.59. The average Bonchev–Trinajstić information content (AvgIpc) is 2.88. The lowest BCUT2D eigenvalue weighted by Gasteiger charge is -2.41. The Balaban J connectivity index is 1.90. The summed E-state index contributed by atoms with van der Waals surface area (Å²) in [5.41, 5.74) is 1.28. The zero-order chi connectivity index (χ0) is 21.7. The van der Waals surface area contributed by atoms with Gasteiger partial charge in [0.2, 0.25) is 0 Å². The summed E-state index contributed by atoms with van der Waals surface area (Å²) in [6.07, 6.45) is 16.4. The fraction of sp³-hybridized carbons (Fsp3) is 0.846. The van der Waals surface area contributed by atoms with Crippen LogP contribution in [-0.4, -0.2) is 33.1 Å². The summed E-state index contributed by atoms with van der Waals surface area (Å²) < 4.78 is 0. The molecule has 4 atom stereocenters. The number of hydrogen-bond acceptors (Lipinski definition) is 3. The summed E-state index contributed by atoms with van der Waals surface area (Å²) in [5.74, 6) is 0.561. The Morgan fingerprint density at radius 1 is 1.03 bits per heavy atom. The van der Waals surface area contributed by atoms with Crippen LogP contribution in [-0.2, 0) is 0 Å². The van der Waals surface area contributed by atoms with Gasteiger partial charge in [-0.2, -0.15) is 0 Å². The third-order valence-corrected chi connectivity index (χ3v) is 8.64. The van der Waals surface area contributed by atoms with Gasteiger partial charge in [0.15, 0.2) is 0 Å². The molecule has 0 aromatic carbocycles. The van der Waals surface area contributed by atoms with Gasteiger partial charge in [-0.25, -0.2) is 0 Å². The van der Waals surface area contributed by atoms with E-state index >= 15 is 0 Å². The van der Waals surface area contributed by atoms with E-state index in [0.29, 0.717) is 30.6 Å². The molecule has 0 radical (unpaired) electrons. The van der Waals surface area contributed by atoms with E-state index in [4.69, 9.17) is 0 Å². The summed E-state index contributed by atoms with van der Waals surface area (Å²) in [6, 6.07) is 0. The molecule has 0 amide bonds. The second-order valence-corrected chi connectivity index (χ2v) is 10.7. The topological polar surface area (TPSA) is 60.7 Å². The molecule has 0 saturated heterocycles. The predicted molar refractivity (Wildman–Crippen MR) is 122 cm³/mol. The van der Waals surface area contributed by atoms with Crippen molar-refractivity contribution in [1.82, 2.24) is 0 Å². The number of rotatable bonds is 9. The molecular formula is C26H46O3. The molecule has 2 aliphatic rings. The fourth-order valence-corrected chi connectivity index (χ4v) is 5.59. The zero-order valence-corrected chi connectivity index (χ0v) is 19.6. The monoisotopic (exact) mass is 406 g/mol. The van der Waals surface area contributed by atoms with Crippen LogP contribution in [0.2, 0.25) is 0 Å². The highest BCUT2D eigenvalue weighted by molar-refractivity contribution is 5.18. The maximum Gasteiger partial charge on any atom is 0.0642 e. The third kappa shape index (κ3) is 6.18. The summed E-state index contributed by atoms with van der Waals surface area (Å²) in [4.78, 5) is 0. The summed E-state index contributed by atoms with van der Waals surface area (Å²) in [7, 11) is 0. The van der Waals surface area contributed by atoms with Crippen molar-refractivity contribution < 1.29 is 15.3 Å². The lowest BCUT2D eigenvalue weighted by Crippen LogP contribution is -2.34. The van der Waals surface area contributed by atoms with Gasteiger partial charge in [0, 0.05) is 0 Å². The molecule has 0 aromatic rings. The van der Waals surface area contributed by atoms with Crippen LogP contribution < -0.4 is 0 Å². The zero-order valence-electron chi connectivity index (χ0n) is 19.6. The molecule has 2 saturated carbocycles. The van der Waals surface area contributed by atoms with Gasteiger partial charge in [0.25, 0.3) is 0 Å². The van der Waals surface area contributed by atoms with Crippen LogP contribution in [0.25, 0.3) is 0 Å². The molecule has 0 aliphatic heterocycles. The van der Waals surface area contributed by atoms with Gasteiger partial charge in [-0.05, 0) is 74.5 Å². The minimum Gasteiger partial charge on any atom is -0.393 e. The summed E-state index contributed by atoms with van der Waals surface area (Å²) in [5, 5.41) is 30.2. The largest absolute Gasteiger partial charge is 0.393 e. The van der Waals surface area contributed by atoms with Crippen molar-refractivity contribution in [3.05, 3.63) is 23.8 Å². The van der Waals surface area contributed by atoms with E-state index in [0.717, 1.165) is 31.3 Å². The van der Waals surface area contributed by atoms with Crippen molar-refractivity contribution in [3.63, 3.8) is 0 Å². The van der Waals surface area contributed by atoms with Crippen LogP contribution in [0.1, 0.15) is 105 Å². The van der Waals surface area contributed by atoms with Crippen molar-refractivity contribution in [1.29, 1.82) is 0 Å². The number of aliphatic hydroxyl groups is 3. The molecule has 29 heavy (non-hydrogen) atoms. The van der Waals surface area contributed by atoms with Crippen LogP contribution in [0.5, 0.6) is 0 Å². The van der Waals surface area contributed by atoms with Gasteiger partial charge in [-0.3, -0.25) is 0 Å². The van der Waals surface area contributed by atoms with E-state index in [1.807, 2.05) is 0 Å². The van der Waals surface area contributed by atoms with Crippen LogP contribution in [0.15, 0.2) is 23.8 Å². The third-order valence-electron chi connectivity index (χ3n) is 8.64. The first kappa shape index (κ1) is 24.6. The maximum absolute atomic E-state index is 10.5. The highest BCUT2D eigenvalue weighted by Crippen LogP contribution is 2.58. The number of aliphatic hydroxyl groups excluding tert-OH is 2. The highest BCUT2D eigenvalue weighted by atomic mass is 16.3. The van der Waals surface area contributed by atoms with E-state index in [1.54, 1.807) is 0 Å². The van der Waals surface area contributed by atoms with Gasteiger partial charge in [0.1, 0.15) is 0 Å². The smallest absolute Gasteiger partial charge is 0.0642 e. The van der Waals surface area contributed by atoms with Crippen LogP contribution >= 0.6 is 0 Å². The first-order valence-corrected chi connectivity index (χ1v) is 12.0. The second-order valence-electron chi connectivity index (χ2n) is 10.7. The van der Waals surface area contributed by atoms with Gasteiger partial charge in [-0.15, -0.1) is 0 Å². The molecule has 3 heteroatoms. The van der Waals surface area contributed by atoms with Crippen molar-refractivity contribution in [2.24, 2.45) is 16.7 Å². The maximum atomic E-state index is 10.5. The number of unbranched alkanes of at least 4 members (excludes halogenated alkanes) is 1. The molecule has 168 valence electrons. The molecule has 2 aliphatic carbocycles. The van der Waals surface area contributed by atoms with Gasteiger partial charge < -0.3 is 15.3 Å². The average molecular weight is 407 g/mol. The first-order valence-electron chi connectivity index (χ1n) is 12.0. The second kappa shape index (κ2) is 10.1. The first-order chi connectivity index (χ1) is 13.5. The SMILES string of the molecule is CCC(O)(CC)CCCC[C@@]1(C)CC[C@@H](/C=C/C=C2C[C@@H](O)C[C@H](O)C2)C1(C)C. The normalized spacial score (nSPS) is 32.8. The molecule has 3 N–H and O–H groups in total. The number of hydrogen-bond donors (Lipinski definition) is 3. The van der Waals surface area contributed by atoms with Crippen molar-refractivity contribution in [2.45, 2.75) is 123 Å². The van der Waals surface area contributed by atoms with E-state index in [9.17, 15) is 15.3 Å². The molecule has 0 spiro atoms. The Morgan fingerprint density at radius 2 is 1.66 bits per heavy atom. The molecular weight excluding hydrogens is 360 g/mol. The van der Waals surface area contributed by atoms with E-state index in [2.05, 4.69) is 52.8 Å². The van der Waals surface area contributed by atoms with Crippen LogP contribution in [0.4, 0.5) is 0 Å². The summed E-state index contributed by atoms with van der Waals surface area (Å²) >= 11 is 0. The number of allylic oxidation sites excluding steroid dienone is 3. The Labute approximate surface area is 179 Å². The minimum atomic E-state index is -0.467. The lowest BCUT2D eigenvalue weighted by molar-refractivity contribution is 0.0186.